The van der Waals surface area contributed by atoms with Gasteiger partial charge in [-0.3, -0.25) is 0 Å². The van der Waals surface area contributed by atoms with Crippen LogP contribution in [0, 0.1) is 26.2 Å². The van der Waals surface area contributed by atoms with E-state index in [4.69, 9.17) is 16.3 Å². The van der Waals surface area contributed by atoms with Gasteiger partial charge in [-0.2, -0.15) is 10.5 Å². The van der Waals surface area contributed by atoms with Crippen molar-refractivity contribution < 1.29 is 30.5 Å². The summed E-state index contributed by atoms with van der Waals surface area (Å²) in [5, 5.41) is 36.1. The SMILES string of the molecule is C.C.CC(C)(O)c1ccc(C#N)cc1.CC(C)(O)c1ccc(CN)cc1.N#Cc1ccc(I)cc1.[AlH3].[H-].[Li+]. The zero-order valence-corrected chi connectivity index (χ0v) is 22.5. The molecule has 0 amide bonds. The minimum Gasteiger partial charge on any atom is -1.00 e. The molecule has 0 fully saturated rings. The van der Waals surface area contributed by atoms with Gasteiger partial charge in [0.25, 0.3) is 0 Å². The van der Waals surface area contributed by atoms with Crippen LogP contribution in [-0.2, 0) is 17.7 Å². The molecule has 0 saturated carbocycles. The number of nitrogens with two attached hydrogens (primary N) is 1. The average molecular weight is 626 g/mol. The molecule has 37 heavy (non-hydrogen) atoms. The Labute approximate surface area is 261 Å². The van der Waals surface area contributed by atoms with Crippen molar-refractivity contribution in [2.24, 2.45) is 5.73 Å². The maximum Gasteiger partial charge on any atom is 1.00 e. The number of benzene rings is 3. The van der Waals surface area contributed by atoms with E-state index in [-0.39, 0.29) is 52.5 Å². The molecule has 196 valence electrons. The Morgan fingerprint density at radius 1 is 0.730 bits per heavy atom. The van der Waals surface area contributed by atoms with Crippen molar-refractivity contribution in [1.82, 2.24) is 0 Å². The van der Waals surface area contributed by atoms with E-state index in [9.17, 15) is 10.2 Å². The van der Waals surface area contributed by atoms with Crippen molar-refractivity contribution >= 4 is 40.0 Å². The third-order valence-electron chi connectivity index (χ3n) is 4.59. The molecule has 0 aliphatic heterocycles. The number of rotatable bonds is 3. The number of hydrogen-bond acceptors (Lipinski definition) is 5. The van der Waals surface area contributed by atoms with Crippen LogP contribution in [0.4, 0.5) is 0 Å². The normalized spacial score (nSPS) is 9.35. The van der Waals surface area contributed by atoms with Crippen LogP contribution in [0.5, 0.6) is 0 Å². The van der Waals surface area contributed by atoms with Gasteiger partial charge in [-0.1, -0.05) is 51.3 Å². The molecule has 3 aromatic rings. The molecule has 0 radical (unpaired) electrons. The van der Waals surface area contributed by atoms with Crippen molar-refractivity contribution in [3.05, 3.63) is 104 Å². The fourth-order valence-corrected chi connectivity index (χ4v) is 2.89. The molecule has 0 bridgehead atoms. The fraction of sp³-hybridized carbons (Fsp3) is 0.310. The minimum atomic E-state index is -0.825. The predicted molar refractivity (Wildman–Crippen MR) is 164 cm³/mol. The summed E-state index contributed by atoms with van der Waals surface area (Å²) in [6, 6.07) is 26.1. The third kappa shape index (κ3) is 16.8. The Morgan fingerprint density at radius 3 is 1.30 bits per heavy atom. The van der Waals surface area contributed by atoms with E-state index < -0.39 is 11.2 Å². The van der Waals surface area contributed by atoms with E-state index in [2.05, 4.69) is 28.7 Å². The van der Waals surface area contributed by atoms with Crippen LogP contribution >= 0.6 is 22.6 Å². The average Bonchev–Trinajstić information content (AvgIpc) is 2.79. The standard InChI is InChI=1S/C10H15NO.C10H11NO.C7H4IN.2CH4.Al.Li.4H/c2*1-10(2,12)9-5-3-8(7-11)4-6-9;8-7-3-1-6(5-9)2-4-7;;;;;;;;/h3-6,12H,7,11H2,1-2H3;3-6,12H,1-2H3;1-4H;2*1H4;;;;;;/q;;;;;;+1;;;;-1. The summed E-state index contributed by atoms with van der Waals surface area (Å²) in [5.41, 5.74) is 8.02. The van der Waals surface area contributed by atoms with Gasteiger partial charge in [-0.25, -0.2) is 0 Å². The van der Waals surface area contributed by atoms with E-state index in [1.165, 1.54) is 0 Å². The van der Waals surface area contributed by atoms with Crippen LogP contribution < -0.4 is 24.6 Å². The monoisotopic (exact) mass is 625 g/mol. The Hall–Kier alpha value is -1.62. The van der Waals surface area contributed by atoms with Crippen LogP contribution in [0.3, 0.4) is 0 Å². The van der Waals surface area contributed by atoms with Gasteiger partial charge >= 0.3 is 18.9 Å². The Kier molecular flexibility index (Phi) is 23.4. The van der Waals surface area contributed by atoms with Gasteiger partial charge in [0.15, 0.2) is 17.4 Å². The number of aliphatic hydroxyl groups is 2. The summed E-state index contributed by atoms with van der Waals surface area (Å²) in [5.74, 6) is 0. The van der Waals surface area contributed by atoms with Crippen LogP contribution in [0.15, 0.2) is 72.8 Å². The van der Waals surface area contributed by atoms with Crippen LogP contribution in [-0.4, -0.2) is 27.6 Å². The van der Waals surface area contributed by atoms with Crippen LogP contribution in [0.2, 0.25) is 0 Å². The van der Waals surface area contributed by atoms with E-state index in [1.807, 2.05) is 54.6 Å². The molecule has 8 heteroatoms. The number of nitrogens with zero attached hydrogens (tertiary/aromatic N) is 2. The topological polar surface area (TPSA) is 114 Å². The molecule has 0 aromatic heterocycles. The molecule has 0 atom stereocenters. The Balaban J connectivity index is -0.000000136. The van der Waals surface area contributed by atoms with Gasteiger partial charge in [0.05, 0.1) is 34.5 Å². The molecule has 0 unspecified atom stereocenters. The summed E-state index contributed by atoms with van der Waals surface area (Å²) in [6.07, 6.45) is 0. The van der Waals surface area contributed by atoms with Crippen LogP contribution in [0.25, 0.3) is 0 Å². The summed E-state index contributed by atoms with van der Waals surface area (Å²) >= 11 is 2.20. The first kappa shape index (κ1) is 42.5. The van der Waals surface area contributed by atoms with Gasteiger partial charge in [0.1, 0.15) is 0 Å². The van der Waals surface area contributed by atoms with Crippen molar-refractivity contribution in [3.8, 4) is 12.1 Å². The number of hydrogen-bond donors (Lipinski definition) is 3. The first-order valence-electron chi connectivity index (χ1n) is 10.3. The van der Waals surface area contributed by atoms with Gasteiger partial charge in [0, 0.05) is 10.1 Å². The second kappa shape index (κ2) is 20.4. The van der Waals surface area contributed by atoms with Crippen molar-refractivity contribution in [2.45, 2.75) is 60.3 Å². The molecular formula is C29H42AlILiN3O2. The Bertz CT molecular complexity index is 1090. The van der Waals surface area contributed by atoms with E-state index in [0.29, 0.717) is 12.1 Å². The first-order valence-corrected chi connectivity index (χ1v) is 11.4. The maximum absolute atomic E-state index is 9.62. The first-order chi connectivity index (χ1) is 15.4. The molecular weight excluding hydrogens is 583 g/mol. The smallest absolute Gasteiger partial charge is 1.00 e. The quantitative estimate of drug-likeness (QED) is 0.306. The van der Waals surface area contributed by atoms with Crippen molar-refractivity contribution in [3.63, 3.8) is 0 Å². The predicted octanol–water partition coefficient (Wildman–Crippen LogP) is 2.53. The van der Waals surface area contributed by atoms with E-state index in [1.54, 1.807) is 52.0 Å². The van der Waals surface area contributed by atoms with E-state index in [0.717, 1.165) is 25.8 Å². The zero-order chi connectivity index (χ0) is 25.1. The van der Waals surface area contributed by atoms with Crippen molar-refractivity contribution in [1.29, 1.82) is 10.5 Å². The van der Waals surface area contributed by atoms with Crippen LogP contribution in [0.1, 0.15) is 71.8 Å². The number of nitriles is 2. The summed E-state index contributed by atoms with van der Waals surface area (Å²) in [6.45, 7) is 7.52. The molecule has 0 aliphatic rings. The summed E-state index contributed by atoms with van der Waals surface area (Å²) < 4.78 is 1.16. The molecule has 0 heterocycles. The van der Waals surface area contributed by atoms with Gasteiger partial charge in [0.2, 0.25) is 0 Å². The third-order valence-corrected chi connectivity index (χ3v) is 5.31. The molecule has 5 nitrogen and oxygen atoms in total. The zero-order valence-electron chi connectivity index (χ0n) is 21.4. The second-order valence-electron chi connectivity index (χ2n) is 8.33. The molecule has 4 N–H and O–H groups in total. The Morgan fingerprint density at radius 2 is 1.03 bits per heavy atom. The van der Waals surface area contributed by atoms with Gasteiger partial charge in [-0.15, -0.1) is 0 Å². The number of halogens is 1. The molecule has 3 aromatic carbocycles. The maximum atomic E-state index is 9.62. The molecule has 3 rings (SSSR count). The fourth-order valence-electron chi connectivity index (χ4n) is 2.53. The van der Waals surface area contributed by atoms with Gasteiger partial charge < -0.3 is 17.4 Å². The summed E-state index contributed by atoms with van der Waals surface area (Å²) in [7, 11) is 0. The molecule has 0 saturated heterocycles. The van der Waals surface area contributed by atoms with Gasteiger partial charge in [-0.05, 0) is 103 Å². The van der Waals surface area contributed by atoms with Crippen molar-refractivity contribution in [2.75, 3.05) is 0 Å². The molecule has 0 aliphatic carbocycles. The summed E-state index contributed by atoms with van der Waals surface area (Å²) in [4.78, 5) is 0. The second-order valence-corrected chi connectivity index (χ2v) is 9.57. The molecule has 0 spiro atoms. The van der Waals surface area contributed by atoms with E-state index >= 15 is 0 Å². The largest absolute Gasteiger partial charge is 1.00 e. The minimum absolute atomic E-state index is 0.